The number of allylic oxidation sites excluding steroid dienone is 7. The zero-order valence-electron chi connectivity index (χ0n) is 11.8. The van der Waals surface area contributed by atoms with E-state index in [0.29, 0.717) is 5.92 Å². The van der Waals surface area contributed by atoms with Crippen LogP contribution in [0.5, 0.6) is 0 Å². The van der Waals surface area contributed by atoms with Gasteiger partial charge in [0.2, 0.25) is 0 Å². The molecule has 1 heteroatoms. The third-order valence-corrected chi connectivity index (χ3v) is 4.18. The Morgan fingerprint density at radius 1 is 1.33 bits per heavy atom. The Balaban J connectivity index is 2.87. The summed E-state index contributed by atoms with van der Waals surface area (Å²) in [4.78, 5) is 0. The van der Waals surface area contributed by atoms with E-state index >= 15 is 0 Å². The minimum atomic E-state index is 0.591. The van der Waals surface area contributed by atoms with Crippen molar-refractivity contribution in [2.75, 3.05) is 5.75 Å². The molecule has 1 heterocycles. The van der Waals surface area contributed by atoms with Gasteiger partial charge in [-0.15, -0.1) is 11.8 Å². The minimum absolute atomic E-state index is 0.591. The molecule has 0 amide bonds. The van der Waals surface area contributed by atoms with Crippen LogP contribution in [0.2, 0.25) is 0 Å². The first-order valence-corrected chi connectivity index (χ1v) is 7.67. The zero-order valence-corrected chi connectivity index (χ0v) is 12.6. The molecule has 98 valence electrons. The van der Waals surface area contributed by atoms with Gasteiger partial charge in [0, 0.05) is 5.75 Å². The second-order valence-corrected chi connectivity index (χ2v) is 5.74. The molecule has 1 atom stereocenters. The van der Waals surface area contributed by atoms with E-state index < -0.39 is 0 Å². The van der Waals surface area contributed by atoms with Crippen LogP contribution in [0.1, 0.15) is 33.6 Å². The molecule has 0 aromatic carbocycles. The van der Waals surface area contributed by atoms with Gasteiger partial charge in [-0.05, 0) is 31.1 Å². The third kappa shape index (κ3) is 5.59. The first-order valence-electron chi connectivity index (χ1n) is 6.62. The maximum absolute atomic E-state index is 4.13. The highest BCUT2D eigenvalue weighted by atomic mass is 32.2. The van der Waals surface area contributed by atoms with E-state index in [1.165, 1.54) is 16.7 Å². The molecule has 18 heavy (non-hydrogen) atoms. The van der Waals surface area contributed by atoms with Crippen LogP contribution in [-0.4, -0.2) is 5.75 Å². The number of hydrogen-bond donors (Lipinski definition) is 0. The maximum atomic E-state index is 4.13. The Kier molecular flexibility index (Phi) is 6.89. The largest absolute Gasteiger partial charge is 0.130 e. The zero-order chi connectivity index (χ0) is 13.4. The smallest absolute Gasteiger partial charge is 0.0185 e. The molecule has 0 aliphatic carbocycles. The highest BCUT2D eigenvalue weighted by Gasteiger charge is 2.08. The molecule has 1 aliphatic heterocycles. The second kappa shape index (κ2) is 8.20. The van der Waals surface area contributed by atoms with Crippen LogP contribution in [0.15, 0.2) is 59.1 Å². The fourth-order valence-electron chi connectivity index (χ4n) is 1.94. The Labute approximate surface area is 116 Å². The Morgan fingerprint density at radius 3 is 2.83 bits per heavy atom. The molecule has 0 fully saturated rings. The Morgan fingerprint density at radius 2 is 2.11 bits per heavy atom. The Hall–Kier alpha value is -0.950. The lowest BCUT2D eigenvalue weighted by molar-refractivity contribution is 0.658. The van der Waals surface area contributed by atoms with Crippen molar-refractivity contribution < 1.29 is 0 Å². The van der Waals surface area contributed by atoms with Crippen LogP contribution in [0.25, 0.3) is 0 Å². The lowest BCUT2D eigenvalue weighted by Crippen LogP contribution is -1.99. The molecule has 0 bridgehead atoms. The topological polar surface area (TPSA) is 0 Å². The number of thioether (sulfide) groups is 1. The van der Waals surface area contributed by atoms with E-state index in [2.05, 4.69) is 63.1 Å². The van der Waals surface area contributed by atoms with Crippen LogP contribution >= 0.6 is 11.8 Å². The molecular formula is C17H24S. The van der Waals surface area contributed by atoms with Crippen molar-refractivity contribution >= 4 is 11.8 Å². The van der Waals surface area contributed by atoms with E-state index in [0.717, 1.165) is 18.6 Å². The summed E-state index contributed by atoms with van der Waals surface area (Å²) in [7, 11) is 0. The molecule has 1 rings (SSSR count). The van der Waals surface area contributed by atoms with Crippen molar-refractivity contribution in [3.8, 4) is 0 Å². The second-order valence-electron chi connectivity index (χ2n) is 4.88. The monoisotopic (exact) mass is 260 g/mol. The van der Waals surface area contributed by atoms with Crippen LogP contribution in [-0.2, 0) is 0 Å². The number of hydrogen-bond acceptors (Lipinski definition) is 1. The fraction of sp³-hybridized carbons (Fsp3) is 0.412. The third-order valence-electron chi connectivity index (χ3n) is 3.09. The van der Waals surface area contributed by atoms with Crippen molar-refractivity contribution in [2.45, 2.75) is 33.6 Å². The van der Waals surface area contributed by atoms with E-state index in [4.69, 9.17) is 0 Å². The lowest BCUT2D eigenvalue weighted by atomic mass is 9.93. The van der Waals surface area contributed by atoms with Gasteiger partial charge in [0.1, 0.15) is 0 Å². The Bertz CT molecular complexity index is 394. The fourth-order valence-corrected chi connectivity index (χ4v) is 3.00. The molecule has 0 saturated heterocycles. The van der Waals surface area contributed by atoms with E-state index in [9.17, 15) is 0 Å². The van der Waals surface area contributed by atoms with Gasteiger partial charge in [-0.1, -0.05) is 67.5 Å². The molecule has 0 spiro atoms. The SMILES string of the molecule is C=C1\C=C/C=C\C=C(/C)CS/C=C(/CC)C(C)C1. The molecule has 0 saturated carbocycles. The highest BCUT2D eigenvalue weighted by Crippen LogP contribution is 2.25. The lowest BCUT2D eigenvalue weighted by Gasteiger charge is -2.14. The van der Waals surface area contributed by atoms with Crippen LogP contribution in [0.3, 0.4) is 0 Å². The van der Waals surface area contributed by atoms with Crippen molar-refractivity contribution in [3.63, 3.8) is 0 Å². The molecular weight excluding hydrogens is 236 g/mol. The average Bonchev–Trinajstić information content (AvgIpc) is 2.34. The van der Waals surface area contributed by atoms with Crippen molar-refractivity contribution in [1.29, 1.82) is 0 Å². The maximum Gasteiger partial charge on any atom is 0.0185 e. The van der Waals surface area contributed by atoms with Gasteiger partial charge < -0.3 is 0 Å². The van der Waals surface area contributed by atoms with Crippen molar-refractivity contribution in [3.05, 3.63) is 59.1 Å². The summed E-state index contributed by atoms with van der Waals surface area (Å²) in [6.07, 6.45) is 12.7. The predicted molar refractivity (Wildman–Crippen MR) is 85.8 cm³/mol. The van der Waals surface area contributed by atoms with E-state index in [1.807, 2.05) is 11.8 Å². The minimum Gasteiger partial charge on any atom is -0.130 e. The standard InChI is InChI=1S/C17H24S/c1-5-17-13-18-12-15(3)10-8-6-7-9-14(2)11-16(17)4/h6-10,13,16H,2,5,11-12H2,1,3-4H3/b8-6-,9-7-,15-10+,17-13-. The summed E-state index contributed by atoms with van der Waals surface area (Å²) in [6.45, 7) is 10.9. The number of rotatable bonds is 1. The van der Waals surface area contributed by atoms with Gasteiger partial charge in [-0.2, -0.15) is 0 Å². The summed E-state index contributed by atoms with van der Waals surface area (Å²) >= 11 is 1.91. The average molecular weight is 260 g/mol. The first-order chi connectivity index (χ1) is 8.63. The van der Waals surface area contributed by atoms with Crippen LogP contribution < -0.4 is 0 Å². The van der Waals surface area contributed by atoms with Gasteiger partial charge in [-0.25, -0.2) is 0 Å². The molecule has 0 aromatic heterocycles. The quantitative estimate of drug-likeness (QED) is 0.585. The predicted octanol–water partition coefficient (Wildman–Crippen LogP) is 5.67. The van der Waals surface area contributed by atoms with Gasteiger partial charge in [0.05, 0.1) is 0 Å². The van der Waals surface area contributed by atoms with Crippen molar-refractivity contribution in [1.82, 2.24) is 0 Å². The van der Waals surface area contributed by atoms with Gasteiger partial charge >= 0.3 is 0 Å². The van der Waals surface area contributed by atoms with E-state index in [-0.39, 0.29) is 0 Å². The summed E-state index contributed by atoms with van der Waals surface area (Å²) in [5.74, 6) is 1.67. The molecule has 0 N–H and O–H groups in total. The molecule has 1 aliphatic rings. The highest BCUT2D eigenvalue weighted by molar-refractivity contribution is 8.02. The summed E-state index contributed by atoms with van der Waals surface area (Å²) in [5.41, 5.74) is 4.15. The van der Waals surface area contributed by atoms with E-state index in [1.54, 1.807) is 0 Å². The molecule has 0 radical (unpaired) electrons. The molecule has 0 nitrogen and oxygen atoms in total. The van der Waals surface area contributed by atoms with Gasteiger partial charge in [0.15, 0.2) is 0 Å². The first kappa shape index (κ1) is 15.1. The normalized spacial score (nSPS) is 31.9. The molecule has 1 unspecified atom stereocenters. The van der Waals surface area contributed by atoms with Crippen LogP contribution in [0, 0.1) is 5.92 Å². The van der Waals surface area contributed by atoms with Crippen LogP contribution in [0.4, 0.5) is 0 Å². The summed E-state index contributed by atoms with van der Waals surface area (Å²) < 4.78 is 0. The van der Waals surface area contributed by atoms with Gasteiger partial charge in [0.25, 0.3) is 0 Å². The summed E-state index contributed by atoms with van der Waals surface area (Å²) in [5, 5.41) is 2.35. The van der Waals surface area contributed by atoms with Crippen molar-refractivity contribution in [2.24, 2.45) is 5.92 Å². The summed E-state index contributed by atoms with van der Waals surface area (Å²) in [6, 6.07) is 0. The molecule has 0 aromatic rings. The van der Waals surface area contributed by atoms with Gasteiger partial charge in [-0.3, -0.25) is 0 Å².